The first kappa shape index (κ1) is 15.0. The summed E-state index contributed by atoms with van der Waals surface area (Å²) in [6.07, 6.45) is 2.30. The Morgan fingerprint density at radius 1 is 1.33 bits per heavy atom. The number of carboxylic acids is 1. The van der Waals surface area contributed by atoms with Gasteiger partial charge < -0.3 is 10.4 Å². The van der Waals surface area contributed by atoms with Crippen molar-refractivity contribution in [3.63, 3.8) is 0 Å². The highest BCUT2D eigenvalue weighted by molar-refractivity contribution is 5.82. The standard InChI is InChI=1S/C13H24N2O3/c1-9(2)6-14-13(18)10(3)15(8-12(16)17)7-11-4-5-11/h9-11H,4-8H2,1-3H3,(H,14,18)(H,16,17). The fraction of sp³-hybridized carbons (Fsp3) is 0.846. The summed E-state index contributed by atoms with van der Waals surface area (Å²) in [7, 11) is 0. The van der Waals surface area contributed by atoms with Crippen molar-refractivity contribution in [2.75, 3.05) is 19.6 Å². The Hall–Kier alpha value is -1.10. The largest absolute Gasteiger partial charge is 0.480 e. The second-order valence-corrected chi connectivity index (χ2v) is 5.58. The minimum Gasteiger partial charge on any atom is -0.480 e. The van der Waals surface area contributed by atoms with Crippen LogP contribution in [0, 0.1) is 11.8 Å². The molecule has 0 aromatic carbocycles. The van der Waals surface area contributed by atoms with E-state index in [2.05, 4.69) is 5.32 Å². The third-order valence-corrected chi connectivity index (χ3v) is 3.14. The SMILES string of the molecule is CC(C)CNC(=O)C(C)N(CC(=O)O)CC1CC1. The molecule has 1 aliphatic carbocycles. The molecule has 1 atom stereocenters. The molecule has 1 fully saturated rings. The van der Waals surface area contributed by atoms with E-state index in [9.17, 15) is 9.59 Å². The predicted molar refractivity (Wildman–Crippen MR) is 69.2 cm³/mol. The van der Waals surface area contributed by atoms with Crippen LogP contribution in [0.25, 0.3) is 0 Å². The van der Waals surface area contributed by atoms with Crippen LogP contribution in [-0.2, 0) is 9.59 Å². The van der Waals surface area contributed by atoms with Gasteiger partial charge in [0.1, 0.15) is 0 Å². The Morgan fingerprint density at radius 3 is 2.39 bits per heavy atom. The normalized spacial score (nSPS) is 16.9. The van der Waals surface area contributed by atoms with Crippen LogP contribution in [0.4, 0.5) is 0 Å². The van der Waals surface area contributed by atoms with Crippen LogP contribution in [0.5, 0.6) is 0 Å². The number of nitrogens with one attached hydrogen (secondary N) is 1. The molecule has 0 saturated heterocycles. The van der Waals surface area contributed by atoms with E-state index in [4.69, 9.17) is 5.11 Å². The van der Waals surface area contributed by atoms with Crippen LogP contribution in [0.3, 0.4) is 0 Å². The van der Waals surface area contributed by atoms with Gasteiger partial charge in [0, 0.05) is 13.1 Å². The van der Waals surface area contributed by atoms with Crippen molar-refractivity contribution in [1.29, 1.82) is 0 Å². The first-order valence-corrected chi connectivity index (χ1v) is 6.63. The molecule has 0 aliphatic heterocycles. The van der Waals surface area contributed by atoms with E-state index < -0.39 is 5.97 Å². The second kappa shape index (κ2) is 6.73. The molecule has 0 aromatic rings. The molecule has 18 heavy (non-hydrogen) atoms. The molecule has 5 heteroatoms. The minimum absolute atomic E-state index is 0.0627. The van der Waals surface area contributed by atoms with E-state index in [1.165, 1.54) is 0 Å². The first-order valence-electron chi connectivity index (χ1n) is 6.63. The average Bonchev–Trinajstić information content (AvgIpc) is 3.07. The lowest BCUT2D eigenvalue weighted by Gasteiger charge is -2.26. The monoisotopic (exact) mass is 256 g/mol. The number of hydrogen-bond donors (Lipinski definition) is 2. The first-order chi connectivity index (χ1) is 8.40. The number of rotatable bonds is 8. The van der Waals surface area contributed by atoms with Gasteiger partial charge in [-0.15, -0.1) is 0 Å². The van der Waals surface area contributed by atoms with Crippen molar-refractivity contribution in [3.8, 4) is 0 Å². The van der Waals surface area contributed by atoms with E-state index in [0.29, 0.717) is 24.9 Å². The van der Waals surface area contributed by atoms with Crippen LogP contribution in [0.15, 0.2) is 0 Å². The highest BCUT2D eigenvalue weighted by atomic mass is 16.4. The molecule has 1 unspecified atom stereocenters. The summed E-state index contributed by atoms with van der Waals surface area (Å²) in [5, 5.41) is 11.7. The molecule has 1 saturated carbocycles. The van der Waals surface area contributed by atoms with Gasteiger partial charge in [0.15, 0.2) is 0 Å². The van der Waals surface area contributed by atoms with Crippen molar-refractivity contribution in [1.82, 2.24) is 10.2 Å². The molecule has 0 heterocycles. The summed E-state index contributed by atoms with van der Waals surface area (Å²) in [4.78, 5) is 24.5. The van der Waals surface area contributed by atoms with Gasteiger partial charge in [0.2, 0.25) is 5.91 Å². The highest BCUT2D eigenvalue weighted by Gasteiger charge is 2.30. The van der Waals surface area contributed by atoms with E-state index in [-0.39, 0.29) is 18.5 Å². The topological polar surface area (TPSA) is 69.6 Å². The highest BCUT2D eigenvalue weighted by Crippen LogP contribution is 2.30. The summed E-state index contributed by atoms with van der Waals surface area (Å²) < 4.78 is 0. The molecule has 104 valence electrons. The number of carbonyl (C=O) groups excluding carboxylic acids is 1. The zero-order valence-corrected chi connectivity index (χ0v) is 11.5. The summed E-state index contributed by atoms with van der Waals surface area (Å²) in [5.74, 6) is 0.0203. The van der Waals surface area contributed by atoms with E-state index >= 15 is 0 Å². The molecule has 1 rings (SSSR count). The molecule has 0 radical (unpaired) electrons. The predicted octanol–water partition coefficient (Wildman–Crippen LogP) is 0.944. The number of hydrogen-bond acceptors (Lipinski definition) is 3. The Labute approximate surface area is 109 Å². The number of nitrogens with zero attached hydrogens (tertiary/aromatic N) is 1. The van der Waals surface area contributed by atoms with Gasteiger partial charge in [0.25, 0.3) is 0 Å². The molecule has 0 spiro atoms. The van der Waals surface area contributed by atoms with Gasteiger partial charge in [0.05, 0.1) is 12.6 Å². The number of carboxylic acid groups (broad SMARTS) is 1. The fourth-order valence-electron chi connectivity index (χ4n) is 1.78. The summed E-state index contributed by atoms with van der Waals surface area (Å²) in [6.45, 7) is 7.12. The van der Waals surface area contributed by atoms with Gasteiger partial charge in [-0.25, -0.2) is 0 Å². The average molecular weight is 256 g/mol. The zero-order valence-electron chi connectivity index (χ0n) is 11.5. The minimum atomic E-state index is -0.876. The van der Waals surface area contributed by atoms with Gasteiger partial charge in [-0.3, -0.25) is 14.5 Å². The van der Waals surface area contributed by atoms with Crippen LogP contribution >= 0.6 is 0 Å². The summed E-state index contributed by atoms with van der Waals surface area (Å²) >= 11 is 0. The molecule has 1 aliphatic rings. The number of aliphatic carboxylic acids is 1. The van der Waals surface area contributed by atoms with Crippen molar-refractivity contribution < 1.29 is 14.7 Å². The molecular weight excluding hydrogens is 232 g/mol. The zero-order chi connectivity index (χ0) is 13.7. The van der Waals surface area contributed by atoms with Crippen LogP contribution in [0.1, 0.15) is 33.6 Å². The Kier molecular flexibility index (Phi) is 5.59. The third kappa shape index (κ3) is 5.49. The quantitative estimate of drug-likeness (QED) is 0.678. The second-order valence-electron chi connectivity index (χ2n) is 5.58. The maximum Gasteiger partial charge on any atom is 0.317 e. The Morgan fingerprint density at radius 2 is 1.94 bits per heavy atom. The van der Waals surface area contributed by atoms with E-state index in [1.807, 2.05) is 13.8 Å². The summed E-state index contributed by atoms with van der Waals surface area (Å²) in [6, 6.07) is -0.375. The van der Waals surface area contributed by atoms with Crippen molar-refractivity contribution >= 4 is 11.9 Å². The maximum atomic E-state index is 11.9. The summed E-state index contributed by atoms with van der Waals surface area (Å²) in [5.41, 5.74) is 0. The molecule has 5 nitrogen and oxygen atoms in total. The van der Waals surface area contributed by atoms with E-state index in [0.717, 1.165) is 12.8 Å². The molecule has 0 bridgehead atoms. The molecular formula is C13H24N2O3. The van der Waals surface area contributed by atoms with Crippen LogP contribution in [-0.4, -0.2) is 47.6 Å². The van der Waals surface area contributed by atoms with Crippen molar-refractivity contribution in [3.05, 3.63) is 0 Å². The third-order valence-electron chi connectivity index (χ3n) is 3.14. The van der Waals surface area contributed by atoms with Crippen molar-refractivity contribution in [2.45, 2.75) is 39.7 Å². The number of amides is 1. The number of carbonyl (C=O) groups is 2. The van der Waals surface area contributed by atoms with Crippen LogP contribution < -0.4 is 5.32 Å². The molecule has 2 N–H and O–H groups in total. The lowest BCUT2D eigenvalue weighted by Crippen LogP contribution is -2.48. The smallest absolute Gasteiger partial charge is 0.317 e. The van der Waals surface area contributed by atoms with Crippen LogP contribution in [0.2, 0.25) is 0 Å². The van der Waals surface area contributed by atoms with Gasteiger partial charge in [-0.1, -0.05) is 13.8 Å². The van der Waals surface area contributed by atoms with Crippen molar-refractivity contribution in [2.24, 2.45) is 11.8 Å². The molecule has 1 amide bonds. The molecule has 0 aromatic heterocycles. The Balaban J connectivity index is 2.47. The fourth-order valence-corrected chi connectivity index (χ4v) is 1.78. The van der Waals surface area contributed by atoms with Gasteiger partial charge >= 0.3 is 5.97 Å². The van der Waals surface area contributed by atoms with Gasteiger partial charge in [-0.05, 0) is 31.6 Å². The van der Waals surface area contributed by atoms with E-state index in [1.54, 1.807) is 11.8 Å². The van der Waals surface area contributed by atoms with Gasteiger partial charge in [-0.2, -0.15) is 0 Å². The lowest BCUT2D eigenvalue weighted by atomic mass is 10.2. The lowest BCUT2D eigenvalue weighted by molar-refractivity contribution is -0.140. The maximum absolute atomic E-state index is 11.9. The Bertz CT molecular complexity index is 301.